The minimum atomic E-state index is -0.518. The summed E-state index contributed by atoms with van der Waals surface area (Å²) < 4.78 is 10.7. The number of fused-ring (bicyclic) bond motifs is 1. The molecular weight excluding hydrogens is 360 g/mol. The lowest BCUT2D eigenvalue weighted by molar-refractivity contribution is -0.134. The SMILES string of the molecule is Cc1ccc(C(=O)NC2CCN(C(=O)CC3OC(=O)c4ccccc43)CC2)o1. The molecule has 1 atom stereocenters. The smallest absolute Gasteiger partial charge is 0.339 e. The van der Waals surface area contributed by atoms with Crippen molar-refractivity contribution in [3.8, 4) is 0 Å². The van der Waals surface area contributed by atoms with Crippen LogP contribution in [0.25, 0.3) is 0 Å². The molecule has 7 nitrogen and oxygen atoms in total. The minimum absolute atomic E-state index is 0.00647. The van der Waals surface area contributed by atoms with E-state index in [-0.39, 0.29) is 30.2 Å². The van der Waals surface area contributed by atoms with E-state index >= 15 is 0 Å². The molecule has 28 heavy (non-hydrogen) atoms. The van der Waals surface area contributed by atoms with Crippen LogP contribution in [-0.4, -0.2) is 41.8 Å². The van der Waals surface area contributed by atoms with Gasteiger partial charge in [-0.2, -0.15) is 0 Å². The minimum Gasteiger partial charge on any atom is -0.456 e. The number of nitrogens with one attached hydrogen (secondary N) is 1. The topological polar surface area (TPSA) is 88.9 Å². The summed E-state index contributed by atoms with van der Waals surface area (Å²) in [5.41, 5.74) is 1.31. The highest BCUT2D eigenvalue weighted by Gasteiger charge is 2.34. The first-order chi connectivity index (χ1) is 13.5. The third kappa shape index (κ3) is 3.65. The number of likely N-dealkylation sites (tertiary alicyclic amines) is 1. The molecule has 0 radical (unpaired) electrons. The van der Waals surface area contributed by atoms with Gasteiger partial charge >= 0.3 is 5.97 Å². The lowest BCUT2D eigenvalue weighted by Crippen LogP contribution is -2.46. The second-order valence-electron chi connectivity index (χ2n) is 7.22. The molecule has 1 saturated heterocycles. The third-order valence-corrected chi connectivity index (χ3v) is 5.28. The maximum Gasteiger partial charge on any atom is 0.339 e. The molecule has 1 fully saturated rings. The van der Waals surface area contributed by atoms with Crippen molar-refractivity contribution in [1.29, 1.82) is 0 Å². The first kappa shape index (κ1) is 18.3. The number of hydrogen-bond donors (Lipinski definition) is 1. The van der Waals surface area contributed by atoms with Crippen LogP contribution < -0.4 is 5.32 Å². The largest absolute Gasteiger partial charge is 0.456 e. The normalized spacial score (nSPS) is 19.2. The highest BCUT2D eigenvalue weighted by atomic mass is 16.5. The maximum absolute atomic E-state index is 12.7. The molecule has 1 N–H and O–H groups in total. The molecule has 146 valence electrons. The zero-order chi connectivity index (χ0) is 19.7. The fourth-order valence-corrected chi connectivity index (χ4v) is 3.75. The number of cyclic esters (lactones) is 1. The standard InChI is InChI=1S/C21H22N2O5/c1-13-6-7-17(27-13)20(25)22-14-8-10-23(11-9-14)19(24)12-18-15-4-2-3-5-16(15)21(26)28-18/h2-7,14,18H,8-12H2,1H3,(H,22,25). The number of piperidine rings is 1. The molecule has 0 saturated carbocycles. The van der Waals surface area contributed by atoms with Gasteiger partial charge in [0.2, 0.25) is 5.91 Å². The van der Waals surface area contributed by atoms with Crippen molar-refractivity contribution >= 4 is 17.8 Å². The fraction of sp³-hybridized carbons (Fsp3) is 0.381. The molecule has 2 aromatic rings. The second kappa shape index (κ2) is 7.50. The van der Waals surface area contributed by atoms with Crippen molar-refractivity contribution in [2.45, 2.75) is 38.3 Å². The average Bonchev–Trinajstić information content (AvgIpc) is 3.26. The summed E-state index contributed by atoms with van der Waals surface area (Å²) in [6.45, 7) is 2.91. The zero-order valence-corrected chi connectivity index (χ0v) is 15.6. The molecular formula is C21H22N2O5. The molecule has 1 aromatic heterocycles. The predicted molar refractivity (Wildman–Crippen MR) is 99.7 cm³/mol. The number of ether oxygens (including phenoxy) is 1. The Morgan fingerprint density at radius 3 is 2.61 bits per heavy atom. The van der Waals surface area contributed by atoms with Crippen molar-refractivity contribution in [3.05, 3.63) is 59.0 Å². The van der Waals surface area contributed by atoms with E-state index < -0.39 is 6.10 Å². The van der Waals surface area contributed by atoms with Gasteiger partial charge < -0.3 is 19.4 Å². The van der Waals surface area contributed by atoms with Gasteiger partial charge in [0.05, 0.1) is 12.0 Å². The van der Waals surface area contributed by atoms with Crippen molar-refractivity contribution in [1.82, 2.24) is 10.2 Å². The zero-order valence-electron chi connectivity index (χ0n) is 15.6. The number of hydrogen-bond acceptors (Lipinski definition) is 5. The van der Waals surface area contributed by atoms with Gasteiger partial charge in [-0.25, -0.2) is 4.79 Å². The molecule has 2 amide bonds. The number of carbonyl (C=O) groups is 3. The van der Waals surface area contributed by atoms with Gasteiger partial charge in [-0.3, -0.25) is 9.59 Å². The number of furan rings is 1. The summed E-state index contributed by atoms with van der Waals surface area (Å²) in [5.74, 6) is 0.355. The van der Waals surface area contributed by atoms with Crippen LogP contribution >= 0.6 is 0 Å². The lowest BCUT2D eigenvalue weighted by Gasteiger charge is -2.32. The van der Waals surface area contributed by atoms with E-state index in [1.54, 1.807) is 36.1 Å². The van der Waals surface area contributed by atoms with Crippen LogP contribution in [-0.2, 0) is 9.53 Å². The van der Waals surface area contributed by atoms with Crippen LogP contribution in [0.2, 0.25) is 0 Å². The molecule has 7 heteroatoms. The number of esters is 1. The fourth-order valence-electron chi connectivity index (χ4n) is 3.75. The van der Waals surface area contributed by atoms with Gasteiger partial charge in [-0.15, -0.1) is 0 Å². The van der Waals surface area contributed by atoms with Gasteiger partial charge in [-0.1, -0.05) is 18.2 Å². The van der Waals surface area contributed by atoms with Crippen molar-refractivity contribution in [2.24, 2.45) is 0 Å². The number of benzene rings is 1. The Hall–Kier alpha value is -3.09. The van der Waals surface area contributed by atoms with Crippen LogP contribution in [0.3, 0.4) is 0 Å². The second-order valence-corrected chi connectivity index (χ2v) is 7.22. The Labute approximate surface area is 162 Å². The molecule has 2 aliphatic rings. The highest BCUT2D eigenvalue weighted by molar-refractivity contribution is 5.94. The Kier molecular flexibility index (Phi) is 4.90. The van der Waals surface area contributed by atoms with Crippen molar-refractivity contribution < 1.29 is 23.5 Å². The number of nitrogens with zero attached hydrogens (tertiary/aromatic N) is 1. The molecule has 0 spiro atoms. The summed E-state index contributed by atoms with van der Waals surface area (Å²) in [6, 6.07) is 10.6. The Balaban J connectivity index is 1.29. The molecule has 2 aliphatic heterocycles. The van der Waals surface area contributed by atoms with Crippen LogP contribution in [0.1, 0.15) is 57.6 Å². The van der Waals surface area contributed by atoms with Gasteiger partial charge in [0, 0.05) is 24.7 Å². The molecule has 3 heterocycles. The van der Waals surface area contributed by atoms with Crippen molar-refractivity contribution in [2.75, 3.05) is 13.1 Å². The van der Waals surface area contributed by atoms with E-state index in [9.17, 15) is 14.4 Å². The summed E-state index contributed by atoms with van der Waals surface area (Å²) in [5, 5.41) is 2.96. The van der Waals surface area contributed by atoms with E-state index in [4.69, 9.17) is 9.15 Å². The Morgan fingerprint density at radius 1 is 1.14 bits per heavy atom. The summed E-state index contributed by atoms with van der Waals surface area (Å²) in [4.78, 5) is 38.5. The molecule has 0 bridgehead atoms. The summed E-state index contributed by atoms with van der Waals surface area (Å²) in [6.07, 6.45) is 0.984. The van der Waals surface area contributed by atoms with Crippen molar-refractivity contribution in [3.63, 3.8) is 0 Å². The number of amides is 2. The monoisotopic (exact) mass is 382 g/mol. The van der Waals surface area contributed by atoms with Gasteiger partial charge in [0.25, 0.3) is 5.91 Å². The van der Waals surface area contributed by atoms with Crippen LogP contribution in [0.5, 0.6) is 0 Å². The van der Waals surface area contributed by atoms with E-state index in [0.29, 0.717) is 43.0 Å². The van der Waals surface area contributed by atoms with E-state index in [0.717, 1.165) is 5.56 Å². The van der Waals surface area contributed by atoms with Crippen LogP contribution in [0, 0.1) is 6.92 Å². The molecule has 1 unspecified atom stereocenters. The van der Waals surface area contributed by atoms with Crippen LogP contribution in [0.4, 0.5) is 0 Å². The molecule has 4 rings (SSSR count). The maximum atomic E-state index is 12.7. The average molecular weight is 382 g/mol. The number of aryl methyl sites for hydroxylation is 1. The van der Waals surface area contributed by atoms with Gasteiger partial charge in [-0.05, 0) is 38.0 Å². The van der Waals surface area contributed by atoms with Crippen LogP contribution in [0.15, 0.2) is 40.8 Å². The Bertz CT molecular complexity index is 911. The van der Waals surface area contributed by atoms with E-state index in [1.165, 1.54) is 0 Å². The number of carbonyl (C=O) groups excluding carboxylic acids is 3. The van der Waals surface area contributed by atoms with E-state index in [1.807, 2.05) is 12.1 Å². The molecule has 0 aliphatic carbocycles. The van der Waals surface area contributed by atoms with Gasteiger partial charge in [0.15, 0.2) is 5.76 Å². The predicted octanol–water partition coefficient (Wildman–Crippen LogP) is 2.61. The van der Waals surface area contributed by atoms with Gasteiger partial charge in [0.1, 0.15) is 11.9 Å². The quantitative estimate of drug-likeness (QED) is 0.821. The first-order valence-electron chi connectivity index (χ1n) is 9.46. The first-order valence-corrected chi connectivity index (χ1v) is 9.46. The lowest BCUT2D eigenvalue weighted by atomic mass is 10.0. The van der Waals surface area contributed by atoms with E-state index in [2.05, 4.69) is 5.32 Å². The summed E-state index contributed by atoms with van der Waals surface area (Å²) in [7, 11) is 0. The highest BCUT2D eigenvalue weighted by Crippen LogP contribution is 2.33. The number of rotatable bonds is 4. The Morgan fingerprint density at radius 2 is 1.89 bits per heavy atom. The summed E-state index contributed by atoms with van der Waals surface area (Å²) >= 11 is 0. The molecule has 1 aromatic carbocycles. The third-order valence-electron chi connectivity index (χ3n) is 5.28.